The van der Waals surface area contributed by atoms with Crippen molar-refractivity contribution in [1.29, 1.82) is 0 Å². The highest BCUT2D eigenvalue weighted by Crippen LogP contribution is 2.26. The first kappa shape index (κ1) is 14.8. The van der Waals surface area contributed by atoms with E-state index in [1.54, 1.807) is 24.3 Å². The van der Waals surface area contributed by atoms with Gasteiger partial charge < -0.3 is 14.4 Å². The second kappa shape index (κ2) is 5.57. The van der Waals surface area contributed by atoms with Crippen molar-refractivity contribution in [3.8, 4) is 5.75 Å². The van der Waals surface area contributed by atoms with E-state index in [1.807, 2.05) is 7.05 Å². The first-order chi connectivity index (χ1) is 9.99. The minimum Gasteiger partial charge on any atom is -0.497 e. The van der Waals surface area contributed by atoms with Crippen LogP contribution in [0.25, 0.3) is 0 Å². The Balaban J connectivity index is 1.85. The van der Waals surface area contributed by atoms with Crippen LogP contribution in [0.4, 0.5) is 0 Å². The van der Waals surface area contributed by atoms with Crippen LogP contribution in [-0.4, -0.2) is 70.2 Å². The topological polar surface area (TPSA) is 59.1 Å². The van der Waals surface area contributed by atoms with Gasteiger partial charge in [-0.05, 0) is 19.2 Å². The average Bonchev–Trinajstić information content (AvgIpc) is 2.46. The average molecular weight is 312 g/mol. The number of fused-ring (bicyclic) bond motifs is 2. The predicted octanol–water partition coefficient (Wildman–Crippen LogP) is 0.399. The van der Waals surface area contributed by atoms with Gasteiger partial charge in [0.25, 0.3) is 0 Å². The highest BCUT2D eigenvalue weighted by Gasteiger charge is 2.39. The van der Waals surface area contributed by atoms with E-state index in [-0.39, 0.29) is 17.1 Å². The van der Waals surface area contributed by atoms with E-state index in [0.29, 0.717) is 18.8 Å². The number of sulfonamides is 1. The van der Waals surface area contributed by atoms with E-state index in [1.165, 1.54) is 11.4 Å². The summed E-state index contributed by atoms with van der Waals surface area (Å²) in [5.74, 6) is 0.546. The summed E-state index contributed by atoms with van der Waals surface area (Å²) in [6.07, 6.45) is -0.106. The van der Waals surface area contributed by atoms with E-state index in [4.69, 9.17) is 9.47 Å². The Labute approximate surface area is 125 Å². The molecule has 1 aromatic rings. The number of nitrogens with zero attached hydrogens (tertiary/aromatic N) is 2. The van der Waals surface area contributed by atoms with E-state index in [0.717, 1.165) is 13.1 Å². The van der Waals surface area contributed by atoms with Gasteiger partial charge in [-0.15, -0.1) is 0 Å². The van der Waals surface area contributed by atoms with E-state index < -0.39 is 10.0 Å². The summed E-state index contributed by atoms with van der Waals surface area (Å²) in [5, 5.41) is 0. The molecule has 0 aromatic heterocycles. The van der Waals surface area contributed by atoms with Crippen LogP contribution in [0.15, 0.2) is 29.2 Å². The maximum atomic E-state index is 12.8. The van der Waals surface area contributed by atoms with Crippen molar-refractivity contribution >= 4 is 10.0 Å². The van der Waals surface area contributed by atoms with E-state index in [9.17, 15) is 8.42 Å². The SMILES string of the molecule is COc1cccc(S(=O)(=O)N2CC3CN(C)CC(C2)O3)c1. The van der Waals surface area contributed by atoms with Gasteiger partial charge in [-0.1, -0.05) is 6.07 Å². The molecule has 0 amide bonds. The number of hydrogen-bond donors (Lipinski definition) is 0. The zero-order chi connectivity index (χ0) is 15.0. The fourth-order valence-electron chi connectivity index (χ4n) is 2.97. The molecule has 0 aliphatic carbocycles. The van der Waals surface area contributed by atoms with Gasteiger partial charge in [-0.3, -0.25) is 0 Å². The Kier molecular flexibility index (Phi) is 3.92. The standard InChI is InChI=1S/C14H20N2O4S/c1-15-7-12-9-16(10-13(8-15)20-12)21(17,18)14-5-3-4-11(6-14)19-2/h3-6,12-13H,7-10H2,1-2H3. The number of methoxy groups -OCH3 is 1. The van der Waals surface area contributed by atoms with Gasteiger partial charge in [-0.25, -0.2) is 8.42 Å². The molecule has 2 heterocycles. The van der Waals surface area contributed by atoms with Crippen LogP contribution < -0.4 is 4.74 Å². The van der Waals surface area contributed by atoms with Crippen LogP contribution in [0.5, 0.6) is 5.75 Å². The largest absolute Gasteiger partial charge is 0.497 e. The minimum atomic E-state index is -3.50. The Morgan fingerprint density at radius 2 is 1.86 bits per heavy atom. The van der Waals surface area contributed by atoms with Crippen LogP contribution in [0.2, 0.25) is 0 Å². The molecule has 0 N–H and O–H groups in total. The maximum Gasteiger partial charge on any atom is 0.243 e. The van der Waals surface area contributed by atoms with Crippen molar-refractivity contribution in [2.75, 3.05) is 40.3 Å². The molecular weight excluding hydrogens is 292 g/mol. The molecule has 2 fully saturated rings. The zero-order valence-corrected chi connectivity index (χ0v) is 13.0. The van der Waals surface area contributed by atoms with Crippen molar-refractivity contribution in [2.45, 2.75) is 17.1 Å². The van der Waals surface area contributed by atoms with Gasteiger partial charge >= 0.3 is 0 Å². The Morgan fingerprint density at radius 3 is 2.48 bits per heavy atom. The summed E-state index contributed by atoms with van der Waals surface area (Å²) < 4.78 is 38.0. The van der Waals surface area contributed by atoms with Crippen LogP contribution in [0.3, 0.4) is 0 Å². The predicted molar refractivity (Wildman–Crippen MR) is 77.9 cm³/mol. The third kappa shape index (κ3) is 2.91. The molecule has 2 unspecified atom stereocenters. The van der Waals surface area contributed by atoms with Crippen LogP contribution in [0.1, 0.15) is 0 Å². The molecule has 2 aliphatic heterocycles. The normalized spacial score (nSPS) is 27.5. The lowest BCUT2D eigenvalue weighted by Gasteiger charge is -2.44. The maximum absolute atomic E-state index is 12.8. The molecule has 2 aliphatic rings. The molecule has 7 heteroatoms. The van der Waals surface area contributed by atoms with Gasteiger partial charge in [0.15, 0.2) is 0 Å². The number of benzene rings is 1. The number of rotatable bonds is 3. The zero-order valence-electron chi connectivity index (χ0n) is 12.2. The molecule has 0 saturated carbocycles. The summed E-state index contributed by atoms with van der Waals surface area (Å²) >= 11 is 0. The summed E-state index contributed by atoms with van der Waals surface area (Å²) in [7, 11) is 0.0656. The molecule has 1 aromatic carbocycles. The van der Waals surface area contributed by atoms with Gasteiger partial charge in [0, 0.05) is 32.2 Å². The fourth-order valence-corrected chi connectivity index (χ4v) is 4.50. The van der Waals surface area contributed by atoms with Crippen molar-refractivity contribution in [2.24, 2.45) is 0 Å². The molecular formula is C14H20N2O4S. The Bertz CT molecular complexity index is 601. The molecule has 6 nitrogen and oxygen atoms in total. The van der Waals surface area contributed by atoms with Gasteiger partial charge in [0.05, 0.1) is 24.2 Å². The molecule has 0 radical (unpaired) electrons. The molecule has 2 saturated heterocycles. The lowest BCUT2D eigenvalue weighted by molar-refractivity contribution is -0.116. The smallest absolute Gasteiger partial charge is 0.243 e. The summed E-state index contributed by atoms with van der Waals surface area (Å²) in [4.78, 5) is 2.46. The number of morpholine rings is 2. The van der Waals surface area contributed by atoms with Crippen molar-refractivity contribution in [1.82, 2.24) is 9.21 Å². The van der Waals surface area contributed by atoms with Crippen LogP contribution >= 0.6 is 0 Å². The Morgan fingerprint density at radius 1 is 1.19 bits per heavy atom. The van der Waals surface area contributed by atoms with Gasteiger partial charge in [0.1, 0.15) is 5.75 Å². The second-order valence-corrected chi connectivity index (χ2v) is 7.54. The summed E-state index contributed by atoms with van der Waals surface area (Å²) in [5.41, 5.74) is 0. The monoisotopic (exact) mass is 312 g/mol. The summed E-state index contributed by atoms with van der Waals surface area (Å²) in [6.45, 7) is 2.34. The molecule has 21 heavy (non-hydrogen) atoms. The fraction of sp³-hybridized carbons (Fsp3) is 0.571. The highest BCUT2D eigenvalue weighted by atomic mass is 32.2. The van der Waals surface area contributed by atoms with Crippen molar-refractivity contribution < 1.29 is 17.9 Å². The first-order valence-electron chi connectivity index (χ1n) is 6.97. The van der Waals surface area contributed by atoms with E-state index >= 15 is 0 Å². The number of hydrogen-bond acceptors (Lipinski definition) is 5. The molecule has 0 spiro atoms. The van der Waals surface area contributed by atoms with Gasteiger partial charge in [0.2, 0.25) is 10.0 Å². The third-order valence-corrected chi connectivity index (χ3v) is 5.74. The quantitative estimate of drug-likeness (QED) is 0.808. The minimum absolute atomic E-state index is 0.0529. The Hall–Kier alpha value is -1.15. The molecule has 3 rings (SSSR count). The van der Waals surface area contributed by atoms with E-state index in [2.05, 4.69) is 4.90 Å². The molecule has 2 bridgehead atoms. The molecule has 116 valence electrons. The summed E-state index contributed by atoms with van der Waals surface area (Å²) in [6, 6.07) is 6.60. The third-order valence-electron chi connectivity index (χ3n) is 3.91. The highest BCUT2D eigenvalue weighted by molar-refractivity contribution is 7.89. The first-order valence-corrected chi connectivity index (χ1v) is 8.41. The van der Waals surface area contributed by atoms with Gasteiger partial charge in [-0.2, -0.15) is 4.31 Å². The van der Waals surface area contributed by atoms with Crippen molar-refractivity contribution in [3.05, 3.63) is 24.3 Å². The molecule has 2 atom stereocenters. The number of likely N-dealkylation sites (N-methyl/N-ethyl adjacent to an activating group) is 1. The van der Waals surface area contributed by atoms with Crippen LogP contribution in [-0.2, 0) is 14.8 Å². The number of ether oxygens (including phenoxy) is 2. The lowest BCUT2D eigenvalue weighted by atomic mass is 10.1. The lowest BCUT2D eigenvalue weighted by Crippen LogP contribution is -2.59. The van der Waals surface area contributed by atoms with Crippen molar-refractivity contribution in [3.63, 3.8) is 0 Å². The second-order valence-electron chi connectivity index (χ2n) is 5.60. The van der Waals surface area contributed by atoms with Crippen LogP contribution in [0, 0.1) is 0 Å².